The van der Waals surface area contributed by atoms with Crippen molar-refractivity contribution in [1.82, 2.24) is 0 Å². The summed E-state index contributed by atoms with van der Waals surface area (Å²) in [5, 5.41) is 9.84. The van der Waals surface area contributed by atoms with E-state index in [1.54, 1.807) is 31.4 Å². The van der Waals surface area contributed by atoms with Crippen LogP contribution in [0, 0.1) is 0 Å². The van der Waals surface area contributed by atoms with Gasteiger partial charge in [-0.1, -0.05) is 0 Å². The number of methoxy groups -OCH3 is 1. The first-order chi connectivity index (χ1) is 6.95. The highest BCUT2D eigenvalue weighted by Crippen LogP contribution is 2.24. The average molecular weight is 210 g/mol. The van der Waals surface area contributed by atoms with E-state index in [-0.39, 0.29) is 0 Å². The lowest BCUT2D eigenvalue weighted by Gasteiger charge is -2.23. The van der Waals surface area contributed by atoms with E-state index in [1.165, 1.54) is 13.8 Å². The molecule has 15 heavy (non-hydrogen) atoms. The molecule has 0 amide bonds. The molecule has 4 heteroatoms. The van der Waals surface area contributed by atoms with E-state index in [0.717, 1.165) is 0 Å². The van der Waals surface area contributed by atoms with E-state index in [0.29, 0.717) is 11.3 Å². The molecule has 82 valence electrons. The van der Waals surface area contributed by atoms with Crippen LogP contribution in [0.3, 0.4) is 0 Å². The zero-order valence-corrected chi connectivity index (χ0v) is 8.98. The van der Waals surface area contributed by atoms with Gasteiger partial charge in [-0.3, -0.25) is 4.79 Å². The molecule has 1 rings (SSSR count). The monoisotopic (exact) mass is 210 g/mol. The number of carbonyl (C=O) groups is 1. The fourth-order valence-corrected chi connectivity index (χ4v) is 1.24. The Morgan fingerprint density at radius 1 is 1.33 bits per heavy atom. The van der Waals surface area contributed by atoms with E-state index < -0.39 is 11.8 Å². The molecule has 0 saturated carbocycles. The van der Waals surface area contributed by atoms with Crippen molar-refractivity contribution in [2.75, 3.05) is 7.11 Å². The molecule has 0 radical (unpaired) electrons. The van der Waals surface area contributed by atoms with Gasteiger partial charge in [0.05, 0.1) is 7.11 Å². The highest BCUT2D eigenvalue weighted by molar-refractivity contribution is 5.66. The van der Waals surface area contributed by atoms with Crippen LogP contribution in [0.15, 0.2) is 24.3 Å². The third-order valence-corrected chi connectivity index (χ3v) is 1.97. The summed E-state index contributed by atoms with van der Waals surface area (Å²) in [6.45, 7) is 2.66. The van der Waals surface area contributed by atoms with Crippen LogP contribution in [0.2, 0.25) is 0 Å². The molecule has 1 aromatic carbocycles. The fourth-order valence-electron chi connectivity index (χ4n) is 1.24. The normalized spacial score (nSPS) is 14.1. The predicted molar refractivity (Wildman–Crippen MR) is 54.3 cm³/mol. The summed E-state index contributed by atoms with van der Waals surface area (Å²) >= 11 is 0. The van der Waals surface area contributed by atoms with Gasteiger partial charge in [0, 0.05) is 19.4 Å². The Morgan fingerprint density at radius 2 is 1.87 bits per heavy atom. The van der Waals surface area contributed by atoms with Crippen LogP contribution in [0.4, 0.5) is 0 Å². The minimum Gasteiger partial charge on any atom is -0.497 e. The Kier molecular flexibility index (Phi) is 3.31. The summed E-state index contributed by atoms with van der Waals surface area (Å²) in [5.41, 5.74) is 0.499. The molecule has 1 atom stereocenters. The van der Waals surface area contributed by atoms with Gasteiger partial charge in [-0.2, -0.15) is 0 Å². The van der Waals surface area contributed by atoms with Crippen molar-refractivity contribution in [2.45, 2.75) is 19.6 Å². The summed E-state index contributed by atoms with van der Waals surface area (Å²) in [5.74, 6) is -1.45. The first-order valence-electron chi connectivity index (χ1n) is 4.52. The SMILES string of the molecule is COc1ccc(C(C)(O)OC(C)=O)cc1. The molecule has 0 heterocycles. The minimum atomic E-state index is -1.60. The molecule has 1 aromatic rings. The molecular formula is C11H14O4. The molecule has 0 saturated heterocycles. The Labute approximate surface area is 88.4 Å². The van der Waals surface area contributed by atoms with E-state index in [4.69, 9.17) is 9.47 Å². The molecule has 0 fully saturated rings. The standard InChI is InChI=1S/C11H14O4/c1-8(12)15-11(2,13)9-4-6-10(14-3)7-5-9/h4-7,13H,1-3H3. The van der Waals surface area contributed by atoms with Crippen molar-refractivity contribution < 1.29 is 19.4 Å². The van der Waals surface area contributed by atoms with Crippen LogP contribution < -0.4 is 4.74 Å². The van der Waals surface area contributed by atoms with Gasteiger partial charge in [0.2, 0.25) is 5.79 Å². The Hall–Kier alpha value is -1.55. The van der Waals surface area contributed by atoms with Crippen LogP contribution in [0.1, 0.15) is 19.4 Å². The smallest absolute Gasteiger partial charge is 0.305 e. The number of carbonyl (C=O) groups excluding carboxylic acids is 1. The van der Waals surface area contributed by atoms with Gasteiger partial charge in [-0.25, -0.2) is 0 Å². The maximum atomic E-state index is 10.7. The third kappa shape index (κ3) is 2.95. The van der Waals surface area contributed by atoms with Crippen molar-refractivity contribution in [1.29, 1.82) is 0 Å². The first kappa shape index (κ1) is 11.5. The highest BCUT2D eigenvalue weighted by Gasteiger charge is 2.26. The van der Waals surface area contributed by atoms with Gasteiger partial charge in [-0.05, 0) is 24.3 Å². The number of benzene rings is 1. The van der Waals surface area contributed by atoms with Crippen LogP contribution in [-0.4, -0.2) is 18.2 Å². The van der Waals surface area contributed by atoms with Crippen LogP contribution in [0.5, 0.6) is 5.75 Å². The summed E-state index contributed by atoms with van der Waals surface area (Å²) in [7, 11) is 1.55. The molecule has 4 nitrogen and oxygen atoms in total. The average Bonchev–Trinajstić information content (AvgIpc) is 2.16. The van der Waals surface area contributed by atoms with E-state index in [2.05, 4.69) is 0 Å². The van der Waals surface area contributed by atoms with Gasteiger partial charge in [0.1, 0.15) is 5.75 Å². The molecular weight excluding hydrogens is 196 g/mol. The lowest BCUT2D eigenvalue weighted by Crippen LogP contribution is -2.27. The van der Waals surface area contributed by atoms with Gasteiger partial charge in [0.25, 0.3) is 0 Å². The van der Waals surface area contributed by atoms with Crippen LogP contribution in [0.25, 0.3) is 0 Å². The third-order valence-electron chi connectivity index (χ3n) is 1.97. The maximum absolute atomic E-state index is 10.7. The molecule has 0 aliphatic carbocycles. The van der Waals surface area contributed by atoms with Crippen molar-refractivity contribution in [3.05, 3.63) is 29.8 Å². The van der Waals surface area contributed by atoms with E-state index in [9.17, 15) is 9.90 Å². The van der Waals surface area contributed by atoms with Gasteiger partial charge in [-0.15, -0.1) is 0 Å². The van der Waals surface area contributed by atoms with Crippen molar-refractivity contribution in [2.24, 2.45) is 0 Å². The number of hydrogen-bond acceptors (Lipinski definition) is 4. The van der Waals surface area contributed by atoms with Crippen molar-refractivity contribution in [3.8, 4) is 5.75 Å². The molecule has 0 aromatic heterocycles. The van der Waals surface area contributed by atoms with Crippen LogP contribution >= 0.6 is 0 Å². The quantitative estimate of drug-likeness (QED) is 0.605. The molecule has 1 unspecified atom stereocenters. The fraction of sp³-hybridized carbons (Fsp3) is 0.364. The second-order valence-corrected chi connectivity index (χ2v) is 3.31. The van der Waals surface area contributed by atoms with Crippen LogP contribution in [-0.2, 0) is 15.3 Å². The van der Waals surface area contributed by atoms with E-state index >= 15 is 0 Å². The van der Waals surface area contributed by atoms with Crippen molar-refractivity contribution >= 4 is 5.97 Å². The molecule has 0 aliphatic rings. The zero-order valence-electron chi connectivity index (χ0n) is 8.98. The van der Waals surface area contributed by atoms with Crippen molar-refractivity contribution in [3.63, 3.8) is 0 Å². The Morgan fingerprint density at radius 3 is 2.27 bits per heavy atom. The second-order valence-electron chi connectivity index (χ2n) is 3.31. The van der Waals surface area contributed by atoms with Gasteiger partial charge < -0.3 is 14.6 Å². The number of hydrogen-bond donors (Lipinski definition) is 1. The Bertz CT molecular complexity index is 340. The number of aliphatic hydroxyl groups is 1. The lowest BCUT2D eigenvalue weighted by molar-refractivity contribution is -0.204. The number of esters is 1. The van der Waals surface area contributed by atoms with Gasteiger partial charge >= 0.3 is 5.97 Å². The number of ether oxygens (including phenoxy) is 2. The first-order valence-corrected chi connectivity index (χ1v) is 4.52. The second kappa shape index (κ2) is 4.31. The van der Waals surface area contributed by atoms with Gasteiger partial charge in [0.15, 0.2) is 0 Å². The molecule has 1 N–H and O–H groups in total. The predicted octanol–water partition coefficient (Wildman–Crippen LogP) is 1.42. The van der Waals surface area contributed by atoms with E-state index in [1.807, 2.05) is 0 Å². The lowest BCUT2D eigenvalue weighted by atomic mass is 10.1. The molecule has 0 aliphatic heterocycles. The maximum Gasteiger partial charge on any atom is 0.305 e. The summed E-state index contributed by atoms with van der Waals surface area (Å²) < 4.78 is 9.75. The summed E-state index contributed by atoms with van der Waals surface area (Å²) in [4.78, 5) is 10.7. The largest absolute Gasteiger partial charge is 0.497 e. The molecule has 0 spiro atoms. The highest BCUT2D eigenvalue weighted by atomic mass is 16.7. The Balaban J connectivity index is 2.89. The minimum absolute atomic E-state index is 0.499. The number of rotatable bonds is 3. The topological polar surface area (TPSA) is 55.8 Å². The summed E-state index contributed by atoms with van der Waals surface area (Å²) in [6, 6.07) is 6.66. The summed E-state index contributed by atoms with van der Waals surface area (Å²) in [6.07, 6.45) is 0. The molecule has 0 bridgehead atoms. The zero-order chi connectivity index (χ0) is 11.5.